The lowest BCUT2D eigenvalue weighted by atomic mass is 9.64. The minimum absolute atomic E-state index is 0.0223. The van der Waals surface area contributed by atoms with Crippen molar-refractivity contribution in [2.75, 3.05) is 39.3 Å². The molecule has 54 heavy (non-hydrogen) atoms. The summed E-state index contributed by atoms with van der Waals surface area (Å²) in [5.74, 6) is 0.323. The van der Waals surface area contributed by atoms with E-state index in [1.54, 1.807) is 0 Å². The van der Waals surface area contributed by atoms with Crippen LogP contribution in [0.3, 0.4) is 0 Å². The van der Waals surface area contributed by atoms with Crippen molar-refractivity contribution in [3.05, 3.63) is 71.0 Å². The van der Waals surface area contributed by atoms with Gasteiger partial charge in [-0.25, -0.2) is 0 Å². The van der Waals surface area contributed by atoms with Gasteiger partial charge < -0.3 is 30.8 Å². The third kappa shape index (κ3) is 5.90. The van der Waals surface area contributed by atoms with Crippen molar-refractivity contribution >= 4 is 33.6 Å². The number of fused-ring (bicyclic) bond motifs is 12. The number of amides is 2. The first-order chi connectivity index (χ1) is 26.4. The highest BCUT2D eigenvalue weighted by Gasteiger charge is 2.50. The van der Waals surface area contributed by atoms with E-state index in [1.807, 2.05) is 0 Å². The Labute approximate surface area is 317 Å². The van der Waals surface area contributed by atoms with E-state index >= 15 is 0 Å². The highest BCUT2D eigenvalue weighted by atomic mass is 16.3. The minimum Gasteiger partial charge on any atom is -0.392 e. The molecule has 2 saturated carbocycles. The molecule has 0 bridgehead atoms. The molecule has 0 radical (unpaired) electrons. The number of H-pyrrole nitrogens is 2. The Balaban J connectivity index is 0.736. The van der Waals surface area contributed by atoms with Crippen LogP contribution in [0.4, 0.5) is 0 Å². The van der Waals surface area contributed by atoms with Crippen molar-refractivity contribution in [3.8, 4) is 0 Å². The molecule has 10 heteroatoms. The summed E-state index contributed by atoms with van der Waals surface area (Å²) in [6.07, 6.45) is 7.45. The second-order valence-electron chi connectivity index (χ2n) is 17.6. The van der Waals surface area contributed by atoms with Gasteiger partial charge in [0.15, 0.2) is 0 Å². The first kappa shape index (κ1) is 34.8. The number of para-hydroxylation sites is 2. The quantitative estimate of drug-likeness (QED) is 0.149. The van der Waals surface area contributed by atoms with Crippen LogP contribution in [0.2, 0.25) is 0 Å². The highest BCUT2D eigenvalue weighted by molar-refractivity contribution is 5.86. The molecule has 0 unspecified atom stereocenters. The van der Waals surface area contributed by atoms with Gasteiger partial charge in [0, 0.05) is 72.5 Å². The van der Waals surface area contributed by atoms with Crippen LogP contribution in [0.15, 0.2) is 48.5 Å². The van der Waals surface area contributed by atoms with Gasteiger partial charge in [0.25, 0.3) is 0 Å². The number of nitrogens with one attached hydrogen (secondary N) is 4. The maximum Gasteiger partial charge on any atom is 0.226 e. The van der Waals surface area contributed by atoms with Crippen molar-refractivity contribution in [1.82, 2.24) is 30.4 Å². The Morgan fingerprint density at radius 2 is 1.09 bits per heavy atom. The average molecular weight is 733 g/mol. The highest BCUT2D eigenvalue weighted by Crippen LogP contribution is 2.51. The molecule has 2 saturated heterocycles. The molecule has 6 aliphatic rings. The summed E-state index contributed by atoms with van der Waals surface area (Å²) in [6, 6.07) is 17.6. The molecule has 4 fully saturated rings. The number of benzene rings is 2. The normalized spacial score (nSPS) is 33.5. The number of hydrogen-bond acceptors (Lipinski definition) is 6. The predicted molar refractivity (Wildman–Crippen MR) is 209 cm³/mol. The van der Waals surface area contributed by atoms with Crippen molar-refractivity contribution in [2.24, 2.45) is 35.5 Å². The Hall–Kier alpha value is -3.70. The molecular weight excluding hydrogens is 677 g/mol. The lowest BCUT2D eigenvalue weighted by Crippen LogP contribution is -2.55. The lowest BCUT2D eigenvalue weighted by molar-refractivity contribution is -0.140. The molecule has 4 aromatic rings. The van der Waals surface area contributed by atoms with Crippen LogP contribution in [-0.4, -0.2) is 93.3 Å². The largest absolute Gasteiger partial charge is 0.392 e. The van der Waals surface area contributed by atoms with E-state index < -0.39 is 24.0 Å². The fraction of sp³-hybridized carbons (Fsp3) is 0.591. The van der Waals surface area contributed by atoms with E-state index in [1.165, 1.54) is 44.3 Å². The number of carbonyl (C=O) groups is 2. The number of aromatic nitrogens is 2. The van der Waals surface area contributed by atoms with Gasteiger partial charge in [-0.3, -0.25) is 19.4 Å². The molecule has 2 aliphatic carbocycles. The third-order valence-electron chi connectivity index (χ3n) is 14.9. The average Bonchev–Trinajstić information content (AvgIpc) is 3.77. The van der Waals surface area contributed by atoms with Crippen LogP contribution in [0.25, 0.3) is 21.8 Å². The summed E-state index contributed by atoms with van der Waals surface area (Å²) < 4.78 is 0. The van der Waals surface area contributed by atoms with Crippen molar-refractivity contribution in [1.29, 1.82) is 0 Å². The van der Waals surface area contributed by atoms with Gasteiger partial charge >= 0.3 is 0 Å². The zero-order chi connectivity index (χ0) is 36.5. The number of unbranched alkanes of at least 4 members (excludes halogenated alkanes) is 1. The second-order valence-corrected chi connectivity index (χ2v) is 17.6. The number of aliphatic hydroxyl groups excluding tert-OH is 2. The maximum absolute atomic E-state index is 13.8. The Morgan fingerprint density at radius 1 is 0.648 bits per heavy atom. The summed E-state index contributed by atoms with van der Waals surface area (Å²) >= 11 is 0. The van der Waals surface area contributed by atoms with Crippen LogP contribution in [-0.2, 0) is 22.4 Å². The number of carbonyl (C=O) groups excluding carboxylic acids is 2. The van der Waals surface area contributed by atoms with E-state index in [-0.39, 0.29) is 35.7 Å². The van der Waals surface area contributed by atoms with E-state index in [4.69, 9.17) is 0 Å². The molecular formula is C44H56N6O4. The van der Waals surface area contributed by atoms with Crippen molar-refractivity contribution in [3.63, 3.8) is 0 Å². The van der Waals surface area contributed by atoms with E-state index in [9.17, 15) is 19.8 Å². The first-order valence-corrected chi connectivity index (χ1v) is 21.0. The molecule has 286 valence electrons. The third-order valence-corrected chi connectivity index (χ3v) is 14.9. The van der Waals surface area contributed by atoms with E-state index in [2.05, 4.69) is 78.9 Å². The van der Waals surface area contributed by atoms with E-state index in [0.29, 0.717) is 37.8 Å². The van der Waals surface area contributed by atoms with Crippen LogP contribution in [0.5, 0.6) is 0 Å². The van der Waals surface area contributed by atoms with Gasteiger partial charge in [-0.15, -0.1) is 0 Å². The molecule has 2 aromatic carbocycles. The number of aliphatic hydroxyl groups is 2. The van der Waals surface area contributed by atoms with Gasteiger partial charge in [0.2, 0.25) is 11.8 Å². The summed E-state index contributed by atoms with van der Waals surface area (Å²) in [4.78, 5) is 40.2. The van der Waals surface area contributed by atoms with Crippen LogP contribution >= 0.6 is 0 Å². The fourth-order valence-corrected chi connectivity index (χ4v) is 12.3. The molecule has 2 aromatic heterocycles. The zero-order valence-electron chi connectivity index (χ0n) is 31.3. The number of aromatic amines is 2. The topological polar surface area (TPSA) is 137 Å². The Morgan fingerprint density at radius 3 is 1.56 bits per heavy atom. The van der Waals surface area contributed by atoms with Crippen molar-refractivity contribution < 1.29 is 19.8 Å². The van der Waals surface area contributed by atoms with Gasteiger partial charge in [0.05, 0.1) is 36.1 Å². The monoisotopic (exact) mass is 732 g/mol. The number of piperidine rings is 2. The Kier molecular flexibility index (Phi) is 9.08. The summed E-state index contributed by atoms with van der Waals surface area (Å²) in [7, 11) is 0. The molecule has 10 rings (SSSR count). The van der Waals surface area contributed by atoms with Crippen LogP contribution in [0.1, 0.15) is 86.0 Å². The molecule has 10 atom stereocenters. The summed E-state index contributed by atoms with van der Waals surface area (Å²) in [5, 5.41) is 31.4. The predicted octanol–water partition coefficient (Wildman–Crippen LogP) is 4.97. The summed E-state index contributed by atoms with van der Waals surface area (Å²) in [5.41, 5.74) is 7.84. The number of nitrogens with zero attached hydrogens (tertiary/aromatic N) is 2. The number of rotatable bonds is 7. The Bertz CT molecular complexity index is 1900. The van der Waals surface area contributed by atoms with Crippen LogP contribution < -0.4 is 10.6 Å². The zero-order valence-corrected chi connectivity index (χ0v) is 31.3. The molecule has 4 aliphatic heterocycles. The first-order valence-electron chi connectivity index (χ1n) is 21.0. The fourth-order valence-electron chi connectivity index (χ4n) is 12.3. The smallest absolute Gasteiger partial charge is 0.226 e. The SMILES string of the molecule is O=C(NCCCCNC(=O)[C@@H]1[C@H]2C[C@H]3c4[nH]c5ccccc5c4CCN3C[C@@H]2CC[C@@H]1O)[C@@H]1[C@H]2C[C@H]3c4[nH]c5ccccc5c4CCN3C[C@@H]2CC[C@@H]1O. The van der Waals surface area contributed by atoms with Crippen molar-refractivity contribution in [2.45, 2.75) is 88.5 Å². The minimum atomic E-state index is -0.614. The second kappa shape index (κ2) is 14.1. The van der Waals surface area contributed by atoms with E-state index in [0.717, 1.165) is 77.5 Å². The van der Waals surface area contributed by atoms with Gasteiger partial charge in [0.1, 0.15) is 0 Å². The molecule has 10 nitrogen and oxygen atoms in total. The van der Waals surface area contributed by atoms with Gasteiger partial charge in [-0.05, 0) is 111 Å². The molecule has 0 spiro atoms. The van der Waals surface area contributed by atoms with Gasteiger partial charge in [-0.2, -0.15) is 0 Å². The summed E-state index contributed by atoms with van der Waals surface area (Å²) in [6.45, 7) is 5.12. The maximum atomic E-state index is 13.8. The van der Waals surface area contributed by atoms with Crippen LogP contribution in [0, 0.1) is 35.5 Å². The van der Waals surface area contributed by atoms with Gasteiger partial charge in [-0.1, -0.05) is 36.4 Å². The lowest BCUT2D eigenvalue weighted by Gasteiger charge is -2.51. The number of hydrogen-bond donors (Lipinski definition) is 6. The molecule has 2 amide bonds. The molecule has 6 N–H and O–H groups in total. The standard InChI is InChI=1S/C44H56N6O4/c51-37-13-11-25-23-49-19-15-29-27-7-1-3-9-33(27)47-41(29)35(49)21-31(25)39(37)43(53)45-17-5-6-18-46-44(54)40-32-22-36-42-30(28-8-2-4-10-34(28)48-42)16-20-50(36)24-26(32)12-14-38(40)52/h1-4,7-10,25-26,31-32,35-40,47-48,51-52H,5-6,11-24H2,(H,45,53)(H,46,54)/t25-,26-,31-,32-,35-,36-,37-,38-,39+,40+/m0/s1. The molecule has 6 heterocycles.